The number of para-hydroxylation sites is 3. The molecule has 0 aliphatic heterocycles. The predicted molar refractivity (Wildman–Crippen MR) is 194 cm³/mol. The summed E-state index contributed by atoms with van der Waals surface area (Å²) in [4.78, 5) is 10.7. The Hall–Kier alpha value is -6.29. The summed E-state index contributed by atoms with van der Waals surface area (Å²) in [6, 6.07) is 50.7. The summed E-state index contributed by atoms with van der Waals surface area (Å²) in [5, 5.41) is 15.3. The van der Waals surface area contributed by atoms with E-state index in [1.54, 1.807) is 11.3 Å². The molecule has 6 heteroatoms. The zero-order valence-corrected chi connectivity index (χ0v) is 25.7. The number of nitriles is 1. The Kier molecular flexibility index (Phi) is 5.45. The van der Waals surface area contributed by atoms with Crippen molar-refractivity contribution >= 4 is 75.3 Å². The summed E-state index contributed by atoms with van der Waals surface area (Å²) < 4.78 is 6.73. The second-order valence-electron chi connectivity index (χ2n) is 11.8. The van der Waals surface area contributed by atoms with Crippen molar-refractivity contribution in [1.82, 2.24) is 19.1 Å². The summed E-state index contributed by atoms with van der Waals surface area (Å²) in [6.45, 7) is 0. The molecule has 10 aromatic rings. The fourth-order valence-electron chi connectivity index (χ4n) is 7.13. The smallest absolute Gasteiger partial charge is 0.235 e. The van der Waals surface area contributed by atoms with Gasteiger partial charge in [-0.25, -0.2) is 9.97 Å². The number of hydrogen-bond donors (Lipinski definition) is 0. The first kappa shape index (κ1) is 26.0. The minimum atomic E-state index is 0.653. The average molecular weight is 618 g/mol. The SMILES string of the molecule is N#Cc1ccc2c(c1)c1ccccc1n2-c1cccc(-c2nc(-n3c4ccccc4c4ccccc43)nc3c2sc2ccccc23)c1. The molecule has 6 aromatic carbocycles. The maximum Gasteiger partial charge on any atom is 0.235 e. The maximum absolute atomic E-state index is 9.63. The molecule has 0 radical (unpaired) electrons. The Morgan fingerprint density at radius 2 is 1.15 bits per heavy atom. The van der Waals surface area contributed by atoms with Crippen molar-refractivity contribution in [3.05, 3.63) is 145 Å². The van der Waals surface area contributed by atoms with Gasteiger partial charge in [-0.05, 0) is 54.6 Å². The molecule has 0 unspecified atom stereocenters. The normalized spacial score (nSPS) is 11.8. The molecule has 0 saturated carbocycles. The largest absolute Gasteiger partial charge is 0.309 e. The number of benzene rings is 6. The first-order valence-corrected chi connectivity index (χ1v) is 16.3. The molecule has 218 valence electrons. The standard InChI is InChI=1S/C41H23N5S/c42-24-25-20-21-36-32(22-25)30-14-3-5-16-33(30)45(36)27-11-9-10-26(23-27)38-40-39(31-15-4-8-19-37(31)47-40)44-41(43-38)46-34-17-6-1-12-28(34)29-13-2-7-18-35(29)46/h1-23H. The maximum atomic E-state index is 9.63. The van der Waals surface area contributed by atoms with Crippen LogP contribution in [0.15, 0.2) is 140 Å². The van der Waals surface area contributed by atoms with Crippen LogP contribution in [0.5, 0.6) is 0 Å². The van der Waals surface area contributed by atoms with Crippen molar-refractivity contribution in [2.45, 2.75) is 0 Å². The zero-order valence-electron chi connectivity index (χ0n) is 24.9. The van der Waals surface area contributed by atoms with Crippen LogP contribution in [0.1, 0.15) is 5.56 Å². The molecule has 4 aromatic heterocycles. The molecule has 0 saturated heterocycles. The van der Waals surface area contributed by atoms with E-state index in [-0.39, 0.29) is 0 Å². The molecule has 10 rings (SSSR count). The van der Waals surface area contributed by atoms with Crippen LogP contribution in [-0.2, 0) is 0 Å². The summed E-state index contributed by atoms with van der Waals surface area (Å²) in [7, 11) is 0. The molecule has 5 nitrogen and oxygen atoms in total. The lowest BCUT2D eigenvalue weighted by atomic mass is 10.1. The van der Waals surface area contributed by atoms with Crippen LogP contribution in [0.3, 0.4) is 0 Å². The molecule has 0 spiro atoms. The average Bonchev–Trinajstić information content (AvgIpc) is 3.79. The van der Waals surface area contributed by atoms with E-state index in [4.69, 9.17) is 9.97 Å². The second-order valence-corrected chi connectivity index (χ2v) is 12.8. The molecule has 0 bridgehead atoms. The number of hydrogen-bond acceptors (Lipinski definition) is 4. The van der Waals surface area contributed by atoms with Crippen molar-refractivity contribution in [1.29, 1.82) is 5.26 Å². The highest BCUT2D eigenvalue weighted by Gasteiger charge is 2.20. The van der Waals surface area contributed by atoms with Crippen molar-refractivity contribution in [3.8, 4) is 29.0 Å². The number of aromatic nitrogens is 4. The van der Waals surface area contributed by atoms with Gasteiger partial charge in [0.25, 0.3) is 0 Å². The molecule has 0 N–H and O–H groups in total. The Balaban J connectivity index is 1.27. The molecule has 0 fully saturated rings. The number of nitrogens with zero attached hydrogens (tertiary/aromatic N) is 5. The number of fused-ring (bicyclic) bond motifs is 9. The highest BCUT2D eigenvalue weighted by molar-refractivity contribution is 7.26. The van der Waals surface area contributed by atoms with Gasteiger partial charge in [-0.3, -0.25) is 4.57 Å². The van der Waals surface area contributed by atoms with Crippen LogP contribution in [0, 0.1) is 11.3 Å². The lowest BCUT2D eigenvalue weighted by molar-refractivity contribution is 1.02. The van der Waals surface area contributed by atoms with Gasteiger partial charge in [0.15, 0.2) is 0 Å². The number of thiophene rings is 1. The highest BCUT2D eigenvalue weighted by Crippen LogP contribution is 2.41. The van der Waals surface area contributed by atoms with E-state index in [1.165, 1.54) is 15.5 Å². The molecule has 47 heavy (non-hydrogen) atoms. The van der Waals surface area contributed by atoms with Gasteiger partial charge in [-0.15, -0.1) is 11.3 Å². The van der Waals surface area contributed by atoms with Gasteiger partial charge in [0.1, 0.15) is 0 Å². The molecule has 0 amide bonds. The van der Waals surface area contributed by atoms with E-state index in [1.807, 2.05) is 12.1 Å². The van der Waals surface area contributed by atoms with Crippen LogP contribution in [0.2, 0.25) is 0 Å². The third-order valence-electron chi connectivity index (χ3n) is 9.17. The van der Waals surface area contributed by atoms with Crippen molar-refractivity contribution in [3.63, 3.8) is 0 Å². The Morgan fingerprint density at radius 1 is 0.532 bits per heavy atom. The molecular formula is C41H23N5S. The monoisotopic (exact) mass is 617 g/mol. The summed E-state index contributed by atoms with van der Waals surface area (Å²) in [5.74, 6) is 0.653. The van der Waals surface area contributed by atoms with Crippen molar-refractivity contribution in [2.24, 2.45) is 0 Å². The van der Waals surface area contributed by atoms with Gasteiger partial charge in [0.05, 0.1) is 49.6 Å². The first-order valence-electron chi connectivity index (χ1n) is 15.5. The second kappa shape index (κ2) is 9.85. The van der Waals surface area contributed by atoms with Crippen molar-refractivity contribution in [2.75, 3.05) is 0 Å². The van der Waals surface area contributed by atoms with Crippen molar-refractivity contribution < 1.29 is 0 Å². The highest BCUT2D eigenvalue weighted by atomic mass is 32.1. The molecule has 0 atom stereocenters. The summed E-state index contributed by atoms with van der Waals surface area (Å²) >= 11 is 1.74. The van der Waals surface area contributed by atoms with E-state index in [0.29, 0.717) is 11.5 Å². The lowest BCUT2D eigenvalue weighted by Crippen LogP contribution is -2.03. The Bertz CT molecular complexity index is 2880. The van der Waals surface area contributed by atoms with E-state index < -0.39 is 0 Å². The summed E-state index contributed by atoms with van der Waals surface area (Å²) in [5.41, 5.74) is 8.87. The third-order valence-corrected chi connectivity index (χ3v) is 10.3. The van der Waals surface area contributed by atoms with E-state index in [9.17, 15) is 5.26 Å². The molecule has 0 aliphatic rings. The zero-order chi connectivity index (χ0) is 31.1. The van der Waals surface area contributed by atoms with Crippen LogP contribution in [-0.4, -0.2) is 19.1 Å². The first-order chi connectivity index (χ1) is 23.3. The Labute approximate surface area is 272 Å². The predicted octanol–water partition coefficient (Wildman–Crippen LogP) is 10.6. The van der Waals surface area contributed by atoms with Gasteiger partial charge in [0, 0.05) is 42.9 Å². The van der Waals surface area contributed by atoms with Gasteiger partial charge in [-0.2, -0.15) is 5.26 Å². The van der Waals surface area contributed by atoms with E-state index in [0.717, 1.165) is 65.4 Å². The minimum Gasteiger partial charge on any atom is -0.309 e. The van der Waals surface area contributed by atoms with E-state index in [2.05, 4.69) is 143 Å². The fourth-order valence-corrected chi connectivity index (χ4v) is 8.28. The molecular weight excluding hydrogens is 595 g/mol. The number of rotatable bonds is 3. The van der Waals surface area contributed by atoms with Crippen LogP contribution in [0.25, 0.3) is 86.8 Å². The topological polar surface area (TPSA) is 59.4 Å². The minimum absolute atomic E-state index is 0.653. The van der Waals surface area contributed by atoms with Gasteiger partial charge < -0.3 is 4.57 Å². The molecule has 4 heterocycles. The lowest BCUT2D eigenvalue weighted by Gasteiger charge is -2.12. The van der Waals surface area contributed by atoms with Gasteiger partial charge in [0.2, 0.25) is 5.95 Å². The van der Waals surface area contributed by atoms with Gasteiger partial charge >= 0.3 is 0 Å². The fraction of sp³-hybridized carbons (Fsp3) is 0. The van der Waals surface area contributed by atoms with Crippen LogP contribution in [0.4, 0.5) is 0 Å². The van der Waals surface area contributed by atoms with Crippen LogP contribution >= 0.6 is 11.3 Å². The van der Waals surface area contributed by atoms with E-state index >= 15 is 0 Å². The quantitative estimate of drug-likeness (QED) is 0.198. The van der Waals surface area contributed by atoms with Crippen LogP contribution < -0.4 is 0 Å². The third kappa shape index (κ3) is 3.75. The Morgan fingerprint density at radius 3 is 1.87 bits per heavy atom. The molecule has 0 aliphatic carbocycles. The summed E-state index contributed by atoms with van der Waals surface area (Å²) in [6.07, 6.45) is 0. The van der Waals surface area contributed by atoms with Gasteiger partial charge in [-0.1, -0.05) is 84.9 Å².